The van der Waals surface area contributed by atoms with E-state index in [0.29, 0.717) is 12.5 Å². The highest BCUT2D eigenvalue weighted by molar-refractivity contribution is 7.88. The summed E-state index contributed by atoms with van der Waals surface area (Å²) in [6, 6.07) is 0. The average molecular weight is 207 g/mol. The summed E-state index contributed by atoms with van der Waals surface area (Å²) in [7, 11) is -1.34. The number of sulfonamides is 1. The lowest BCUT2D eigenvalue weighted by Gasteiger charge is -2.13. The van der Waals surface area contributed by atoms with Crippen LogP contribution in [0.1, 0.15) is 33.1 Å². The summed E-state index contributed by atoms with van der Waals surface area (Å²) in [5.74, 6) is 0.712. The standard InChI is InChI=1S/C9H21NO2S/c1-9(2)7-5-6-8-10(3)13(4,11)12/h9H,5-8H2,1-4H3. The van der Waals surface area contributed by atoms with Gasteiger partial charge >= 0.3 is 0 Å². The van der Waals surface area contributed by atoms with Gasteiger partial charge in [-0.2, -0.15) is 0 Å². The summed E-state index contributed by atoms with van der Waals surface area (Å²) in [6.45, 7) is 5.01. The Balaban J connectivity index is 3.55. The van der Waals surface area contributed by atoms with Gasteiger partial charge in [0.05, 0.1) is 6.26 Å². The molecule has 0 aliphatic rings. The zero-order valence-corrected chi connectivity index (χ0v) is 9.89. The molecule has 0 aromatic heterocycles. The molecule has 13 heavy (non-hydrogen) atoms. The number of unbranched alkanes of at least 4 members (excludes halogenated alkanes) is 1. The maximum Gasteiger partial charge on any atom is 0.210 e. The molecule has 0 spiro atoms. The van der Waals surface area contributed by atoms with Crippen molar-refractivity contribution in [2.24, 2.45) is 5.92 Å². The molecule has 0 atom stereocenters. The molecule has 0 N–H and O–H groups in total. The van der Waals surface area contributed by atoms with Gasteiger partial charge in [-0.05, 0) is 12.3 Å². The SMILES string of the molecule is CC(C)CCCCN(C)S(C)(=O)=O. The van der Waals surface area contributed by atoms with Gasteiger partial charge < -0.3 is 0 Å². The Morgan fingerprint density at radius 1 is 1.23 bits per heavy atom. The van der Waals surface area contributed by atoms with E-state index in [1.165, 1.54) is 17.0 Å². The molecule has 80 valence electrons. The van der Waals surface area contributed by atoms with E-state index in [0.717, 1.165) is 12.8 Å². The van der Waals surface area contributed by atoms with Crippen molar-refractivity contribution in [2.75, 3.05) is 19.8 Å². The van der Waals surface area contributed by atoms with E-state index in [1.54, 1.807) is 7.05 Å². The van der Waals surface area contributed by atoms with Crippen LogP contribution in [-0.4, -0.2) is 32.6 Å². The first-order chi connectivity index (χ1) is 5.84. The number of hydrogen-bond acceptors (Lipinski definition) is 2. The van der Waals surface area contributed by atoms with Crippen molar-refractivity contribution in [3.05, 3.63) is 0 Å². The minimum absolute atomic E-state index is 0.644. The van der Waals surface area contributed by atoms with Crippen LogP contribution in [0.15, 0.2) is 0 Å². The first-order valence-corrected chi connectivity index (χ1v) is 6.60. The van der Waals surface area contributed by atoms with Gasteiger partial charge in [0.2, 0.25) is 10.0 Å². The van der Waals surface area contributed by atoms with Crippen molar-refractivity contribution in [2.45, 2.75) is 33.1 Å². The second kappa shape index (κ2) is 5.60. The van der Waals surface area contributed by atoms with Gasteiger partial charge in [0, 0.05) is 13.6 Å². The van der Waals surface area contributed by atoms with Gasteiger partial charge in [0.15, 0.2) is 0 Å². The van der Waals surface area contributed by atoms with Crippen LogP contribution in [0.4, 0.5) is 0 Å². The number of nitrogens with zero attached hydrogens (tertiary/aromatic N) is 1. The molecular weight excluding hydrogens is 186 g/mol. The van der Waals surface area contributed by atoms with E-state index in [-0.39, 0.29) is 0 Å². The van der Waals surface area contributed by atoms with Gasteiger partial charge in [-0.3, -0.25) is 0 Å². The van der Waals surface area contributed by atoms with Crippen molar-refractivity contribution in [1.29, 1.82) is 0 Å². The van der Waals surface area contributed by atoms with Crippen molar-refractivity contribution in [3.63, 3.8) is 0 Å². The Morgan fingerprint density at radius 2 is 1.77 bits per heavy atom. The minimum atomic E-state index is -2.97. The number of hydrogen-bond donors (Lipinski definition) is 0. The Hall–Kier alpha value is -0.0900. The van der Waals surface area contributed by atoms with Crippen molar-refractivity contribution in [1.82, 2.24) is 4.31 Å². The Bertz CT molecular complexity index is 222. The molecule has 0 heterocycles. The van der Waals surface area contributed by atoms with E-state index >= 15 is 0 Å². The van der Waals surface area contributed by atoms with Crippen LogP contribution in [-0.2, 0) is 10.0 Å². The van der Waals surface area contributed by atoms with Gasteiger partial charge in [-0.15, -0.1) is 0 Å². The fourth-order valence-electron chi connectivity index (χ4n) is 1.05. The Kier molecular flexibility index (Phi) is 5.56. The second-order valence-corrected chi connectivity index (χ2v) is 6.06. The third kappa shape index (κ3) is 7.02. The Morgan fingerprint density at radius 3 is 2.15 bits per heavy atom. The molecule has 0 saturated carbocycles. The van der Waals surface area contributed by atoms with E-state index in [4.69, 9.17) is 0 Å². The van der Waals surface area contributed by atoms with Crippen LogP contribution >= 0.6 is 0 Å². The molecule has 0 aromatic rings. The molecule has 0 saturated heterocycles. The van der Waals surface area contributed by atoms with Crippen LogP contribution in [0.2, 0.25) is 0 Å². The van der Waals surface area contributed by atoms with Crippen LogP contribution in [0.3, 0.4) is 0 Å². The highest BCUT2D eigenvalue weighted by Gasteiger charge is 2.09. The van der Waals surface area contributed by atoms with Gasteiger partial charge in [-0.25, -0.2) is 12.7 Å². The maximum absolute atomic E-state index is 11.0. The fraction of sp³-hybridized carbons (Fsp3) is 1.00. The van der Waals surface area contributed by atoms with E-state index in [2.05, 4.69) is 13.8 Å². The number of rotatable bonds is 6. The molecule has 0 aromatic carbocycles. The van der Waals surface area contributed by atoms with Crippen LogP contribution in [0.25, 0.3) is 0 Å². The van der Waals surface area contributed by atoms with E-state index in [9.17, 15) is 8.42 Å². The minimum Gasteiger partial charge on any atom is -0.213 e. The molecule has 0 radical (unpaired) electrons. The van der Waals surface area contributed by atoms with Crippen LogP contribution in [0, 0.1) is 5.92 Å². The summed E-state index contributed by atoms with van der Waals surface area (Å²) in [5, 5.41) is 0. The second-order valence-electron chi connectivity index (χ2n) is 3.97. The smallest absolute Gasteiger partial charge is 0.210 e. The molecule has 0 rings (SSSR count). The van der Waals surface area contributed by atoms with E-state index < -0.39 is 10.0 Å². The van der Waals surface area contributed by atoms with Gasteiger partial charge in [0.25, 0.3) is 0 Å². The first kappa shape index (κ1) is 12.9. The molecule has 0 amide bonds. The van der Waals surface area contributed by atoms with E-state index in [1.807, 2.05) is 0 Å². The lowest BCUT2D eigenvalue weighted by molar-refractivity contribution is 0.442. The molecular formula is C9H21NO2S. The highest BCUT2D eigenvalue weighted by atomic mass is 32.2. The summed E-state index contributed by atoms with van der Waals surface area (Å²) in [4.78, 5) is 0. The molecule has 3 nitrogen and oxygen atoms in total. The highest BCUT2D eigenvalue weighted by Crippen LogP contribution is 2.07. The summed E-state index contributed by atoms with van der Waals surface area (Å²) in [6.07, 6.45) is 4.49. The van der Waals surface area contributed by atoms with Crippen LogP contribution in [0.5, 0.6) is 0 Å². The van der Waals surface area contributed by atoms with Crippen LogP contribution < -0.4 is 0 Å². The Labute approximate surface area is 82.2 Å². The average Bonchev–Trinajstić information content (AvgIpc) is 1.95. The first-order valence-electron chi connectivity index (χ1n) is 4.75. The monoisotopic (exact) mass is 207 g/mol. The third-order valence-electron chi connectivity index (χ3n) is 2.07. The maximum atomic E-state index is 11.0. The van der Waals surface area contributed by atoms with Gasteiger partial charge in [-0.1, -0.05) is 26.7 Å². The largest absolute Gasteiger partial charge is 0.213 e. The zero-order chi connectivity index (χ0) is 10.5. The topological polar surface area (TPSA) is 37.4 Å². The zero-order valence-electron chi connectivity index (χ0n) is 9.08. The molecule has 4 heteroatoms. The third-order valence-corrected chi connectivity index (χ3v) is 3.39. The molecule has 0 unspecified atom stereocenters. The quantitative estimate of drug-likeness (QED) is 0.622. The lowest BCUT2D eigenvalue weighted by atomic mass is 10.1. The molecule has 0 bridgehead atoms. The molecule has 0 fully saturated rings. The molecule has 0 aliphatic carbocycles. The lowest BCUT2D eigenvalue weighted by Crippen LogP contribution is -2.26. The van der Waals surface area contributed by atoms with Crippen molar-refractivity contribution >= 4 is 10.0 Å². The predicted octanol–water partition coefficient (Wildman–Crippen LogP) is 1.70. The summed E-state index contributed by atoms with van der Waals surface area (Å²) in [5.41, 5.74) is 0. The normalized spacial score (nSPS) is 12.8. The molecule has 0 aliphatic heterocycles. The fourth-order valence-corrected chi connectivity index (χ4v) is 1.51. The predicted molar refractivity (Wildman–Crippen MR) is 56.2 cm³/mol. The van der Waals surface area contributed by atoms with Crippen molar-refractivity contribution in [3.8, 4) is 0 Å². The van der Waals surface area contributed by atoms with Gasteiger partial charge in [0.1, 0.15) is 0 Å². The summed E-state index contributed by atoms with van der Waals surface area (Å²) >= 11 is 0. The van der Waals surface area contributed by atoms with Crippen molar-refractivity contribution < 1.29 is 8.42 Å². The summed E-state index contributed by atoms with van der Waals surface area (Å²) < 4.78 is 23.4.